The Morgan fingerprint density at radius 1 is 1.00 bits per heavy atom. The lowest BCUT2D eigenvalue weighted by Gasteiger charge is -2.61. The van der Waals surface area contributed by atoms with E-state index in [4.69, 9.17) is 0 Å². The van der Waals surface area contributed by atoms with Crippen molar-refractivity contribution in [3.63, 3.8) is 0 Å². The second kappa shape index (κ2) is 10.7. The average molecular weight is 613 g/mol. The molecule has 0 radical (unpaired) electrons. The molecule has 0 aromatic heterocycles. The average Bonchev–Trinajstić information content (AvgIpc) is 2.90. The van der Waals surface area contributed by atoms with Gasteiger partial charge in [-0.1, -0.05) is 91.0 Å². The fourth-order valence-corrected chi connectivity index (χ4v) is 8.73. The molecule has 3 aliphatic rings. The van der Waals surface area contributed by atoms with Gasteiger partial charge in [-0.15, -0.1) is 0 Å². The maximum Gasteiger partial charge on any atom is 0.190 e. The molecule has 2 fully saturated rings. The molecule has 0 amide bonds. The van der Waals surface area contributed by atoms with Gasteiger partial charge in [0.2, 0.25) is 0 Å². The van der Waals surface area contributed by atoms with Gasteiger partial charge in [-0.2, -0.15) is 0 Å². The molecule has 2 N–H and O–H groups in total. The van der Waals surface area contributed by atoms with Crippen molar-refractivity contribution < 1.29 is 34.2 Å². The summed E-state index contributed by atoms with van der Waals surface area (Å²) in [6.07, 6.45) is 5.37. The van der Waals surface area contributed by atoms with Crippen LogP contribution in [0, 0.1) is 39.9 Å². The van der Waals surface area contributed by atoms with E-state index < -0.39 is 63.1 Å². The molecule has 45 heavy (non-hydrogen) atoms. The fourth-order valence-electron chi connectivity index (χ4n) is 8.73. The van der Waals surface area contributed by atoms with Gasteiger partial charge in [0.15, 0.2) is 28.7 Å². The second-order valence-corrected chi connectivity index (χ2v) is 15.6. The Hall–Kier alpha value is -3.71. The Morgan fingerprint density at radius 3 is 2.18 bits per heavy atom. The summed E-state index contributed by atoms with van der Waals surface area (Å²) in [5.41, 5.74) is -1.93. The van der Waals surface area contributed by atoms with Gasteiger partial charge < -0.3 is 10.2 Å². The summed E-state index contributed by atoms with van der Waals surface area (Å²) in [7, 11) is 0. The minimum Gasteiger partial charge on any atom is -0.507 e. The monoisotopic (exact) mass is 612 g/mol. The van der Waals surface area contributed by atoms with Crippen LogP contribution < -0.4 is 0 Å². The summed E-state index contributed by atoms with van der Waals surface area (Å²) in [5, 5.41) is 23.1. The van der Waals surface area contributed by atoms with Crippen molar-refractivity contribution in [2.75, 3.05) is 0 Å². The van der Waals surface area contributed by atoms with Crippen LogP contribution in [0.4, 0.5) is 0 Å². The smallest absolute Gasteiger partial charge is 0.190 e. The topological polar surface area (TPSA) is 126 Å². The molecule has 7 heteroatoms. The normalized spacial score (nSPS) is 31.6. The highest BCUT2D eigenvalue weighted by molar-refractivity contribution is 6.32. The number of hydrogen-bond donors (Lipinski definition) is 2. The number of rotatable bonds is 5. The molecule has 0 spiro atoms. The van der Waals surface area contributed by atoms with Crippen molar-refractivity contribution in [3.05, 3.63) is 59.2 Å². The third kappa shape index (κ3) is 4.86. The molecule has 2 aromatic carbocycles. The Morgan fingerprint density at radius 2 is 1.62 bits per heavy atom. The first-order chi connectivity index (χ1) is 20.8. The molecule has 0 saturated heterocycles. The molecule has 3 aliphatic carbocycles. The van der Waals surface area contributed by atoms with Crippen LogP contribution in [0.15, 0.2) is 42.5 Å². The maximum absolute atomic E-state index is 14.4. The number of fused-ring (bicyclic) bond motifs is 3. The minimum atomic E-state index is -2.70. The minimum absolute atomic E-state index is 0.00698. The predicted molar refractivity (Wildman–Crippen MR) is 171 cm³/mol. The summed E-state index contributed by atoms with van der Waals surface area (Å²) >= 11 is 0. The second-order valence-electron chi connectivity index (χ2n) is 15.6. The number of ketones is 5. The van der Waals surface area contributed by atoms with Gasteiger partial charge in [0.05, 0.1) is 11.5 Å². The highest BCUT2D eigenvalue weighted by atomic mass is 16.3. The number of allylic oxidation sites excluding steroid dienone is 1. The van der Waals surface area contributed by atoms with E-state index in [0.29, 0.717) is 5.56 Å². The molecule has 238 valence electrons. The quantitative estimate of drug-likeness (QED) is 0.385. The van der Waals surface area contributed by atoms with Crippen LogP contribution >= 0.6 is 0 Å². The molecule has 5 rings (SSSR count). The van der Waals surface area contributed by atoms with Crippen molar-refractivity contribution >= 4 is 35.0 Å². The van der Waals surface area contributed by atoms with E-state index in [2.05, 4.69) is 32.9 Å². The van der Waals surface area contributed by atoms with Crippen LogP contribution in [0.5, 0.6) is 5.75 Å². The molecule has 2 saturated carbocycles. The van der Waals surface area contributed by atoms with Gasteiger partial charge >= 0.3 is 0 Å². The van der Waals surface area contributed by atoms with Gasteiger partial charge in [-0.3, -0.25) is 24.0 Å². The molecule has 0 aliphatic heterocycles. The number of phenolic OH excluding ortho intramolecular Hbond substituents is 1. The number of aromatic hydroxyl groups is 1. The maximum atomic E-state index is 14.4. The number of phenols is 1. The Balaban J connectivity index is 1.62. The fraction of sp³-hybridized carbons (Fsp3) is 0.500. The van der Waals surface area contributed by atoms with E-state index >= 15 is 0 Å². The number of benzene rings is 2. The molecular weight excluding hydrogens is 568 g/mol. The summed E-state index contributed by atoms with van der Waals surface area (Å²) in [5.74, 6) is -8.92. The zero-order chi connectivity index (χ0) is 33.4. The third-order valence-corrected chi connectivity index (χ3v) is 10.5. The van der Waals surface area contributed by atoms with Crippen LogP contribution in [0.2, 0.25) is 0 Å². The largest absolute Gasteiger partial charge is 0.507 e. The molecule has 3 unspecified atom stereocenters. The first-order valence-electron chi connectivity index (χ1n) is 15.8. The van der Waals surface area contributed by atoms with Gasteiger partial charge in [0.1, 0.15) is 17.5 Å². The highest BCUT2D eigenvalue weighted by Crippen LogP contribution is 2.64. The van der Waals surface area contributed by atoms with Crippen LogP contribution in [0.3, 0.4) is 0 Å². The van der Waals surface area contributed by atoms with Gasteiger partial charge in [0.25, 0.3) is 0 Å². The Labute approximate surface area is 265 Å². The van der Waals surface area contributed by atoms with Crippen LogP contribution in [0.1, 0.15) is 89.7 Å². The number of aliphatic hydroxyl groups is 1. The molecule has 6 atom stereocenters. The van der Waals surface area contributed by atoms with Crippen LogP contribution in [0.25, 0.3) is 17.2 Å². The Kier molecular flexibility index (Phi) is 7.76. The zero-order valence-corrected chi connectivity index (χ0v) is 27.5. The van der Waals surface area contributed by atoms with E-state index in [1.54, 1.807) is 33.8 Å². The van der Waals surface area contributed by atoms with E-state index in [-0.39, 0.29) is 35.5 Å². The number of hydrogen-bond acceptors (Lipinski definition) is 7. The van der Waals surface area contributed by atoms with Crippen molar-refractivity contribution in [3.8, 4) is 16.9 Å². The van der Waals surface area contributed by atoms with Crippen molar-refractivity contribution in [2.24, 2.45) is 39.9 Å². The number of Topliss-reactive ketones (excluding diaryl/α,β-unsaturated/α-hetero) is 5. The highest BCUT2D eigenvalue weighted by Gasteiger charge is 2.76. The van der Waals surface area contributed by atoms with Gasteiger partial charge in [0, 0.05) is 11.3 Å². The lowest BCUT2D eigenvalue weighted by atomic mass is 9.40. The van der Waals surface area contributed by atoms with Crippen LogP contribution in [-0.2, 0) is 25.6 Å². The first kappa shape index (κ1) is 32.7. The Bertz CT molecular complexity index is 1660. The number of carbonyl (C=O) groups excluding carboxylic acids is 5. The van der Waals surface area contributed by atoms with Crippen molar-refractivity contribution in [1.82, 2.24) is 0 Å². The predicted octanol–water partition coefficient (Wildman–Crippen LogP) is 6.21. The van der Waals surface area contributed by atoms with E-state index in [9.17, 15) is 34.2 Å². The van der Waals surface area contributed by atoms with Crippen molar-refractivity contribution in [2.45, 2.75) is 80.3 Å². The van der Waals surface area contributed by atoms with E-state index in [1.165, 1.54) is 6.07 Å². The molecule has 7 nitrogen and oxygen atoms in total. The van der Waals surface area contributed by atoms with E-state index in [1.807, 2.05) is 24.3 Å². The summed E-state index contributed by atoms with van der Waals surface area (Å²) in [4.78, 5) is 68.8. The SMILES string of the molecule is CC(=O)C1C(=O)C(C(C)C)[C@@]2(C)C[C@@]3(C)Cc4c(-c5ccc(/C=C\CC(C)(C)C)cc5)ccc(O)c4C(=O)C3C(=O)[C@@]2(O)C1=O. The molecule has 0 bridgehead atoms. The van der Waals surface area contributed by atoms with E-state index in [0.717, 1.165) is 30.0 Å². The molecule has 0 heterocycles. The van der Waals surface area contributed by atoms with Gasteiger partial charge in [-0.25, -0.2) is 0 Å². The lowest BCUT2D eigenvalue weighted by molar-refractivity contribution is -0.205. The molecule has 2 aromatic rings. The number of carbonyl (C=O) groups is 5. The first-order valence-corrected chi connectivity index (χ1v) is 15.8. The van der Waals surface area contributed by atoms with Crippen molar-refractivity contribution in [1.29, 1.82) is 0 Å². The molecular formula is C38H44O7. The van der Waals surface area contributed by atoms with Crippen LogP contribution in [-0.4, -0.2) is 44.7 Å². The van der Waals surface area contributed by atoms with Gasteiger partial charge in [-0.05, 0) is 71.3 Å². The standard InChI is InChI=1S/C38H44O7/c1-20(2)29-31(41)27(21(3)39)33(43)38(45)34(44)30-32(42)28-25(18-36(30,7)19-37(29,38)8)24(15-16-26(28)40)23-13-11-22(12-14-23)10-9-17-35(4,5)6/h9-16,20,27,29-30,40,45H,17-19H2,1-8H3/b10-9-/t27?,29?,30?,36-,37-,38+/m1/s1. The zero-order valence-electron chi connectivity index (χ0n) is 27.5. The third-order valence-electron chi connectivity index (χ3n) is 10.5. The lowest BCUT2D eigenvalue weighted by Crippen LogP contribution is -2.76. The summed E-state index contributed by atoms with van der Waals surface area (Å²) < 4.78 is 0. The summed E-state index contributed by atoms with van der Waals surface area (Å²) in [6.45, 7) is 14.6. The summed E-state index contributed by atoms with van der Waals surface area (Å²) in [6, 6.07) is 11.1.